The molecular formula is C22H22N4O. The van der Waals surface area contributed by atoms with E-state index in [9.17, 15) is 4.79 Å². The first kappa shape index (κ1) is 17.2. The zero-order valence-corrected chi connectivity index (χ0v) is 15.4. The van der Waals surface area contributed by atoms with Crippen LogP contribution in [0.1, 0.15) is 27.2 Å². The van der Waals surface area contributed by atoms with Crippen molar-refractivity contribution in [2.75, 3.05) is 18.5 Å². The monoisotopic (exact) mass is 358 g/mol. The van der Waals surface area contributed by atoms with Gasteiger partial charge in [-0.3, -0.25) is 4.79 Å². The fourth-order valence-corrected chi connectivity index (χ4v) is 3.42. The Morgan fingerprint density at radius 2 is 1.70 bits per heavy atom. The maximum Gasteiger partial charge on any atom is 0.274 e. The summed E-state index contributed by atoms with van der Waals surface area (Å²) in [5, 5.41) is 8.50. The van der Waals surface area contributed by atoms with Crippen LogP contribution in [0.15, 0.2) is 66.7 Å². The second-order valence-corrected chi connectivity index (χ2v) is 6.86. The third-order valence-electron chi connectivity index (χ3n) is 4.93. The fraction of sp³-hybridized carbons (Fsp3) is 0.227. The number of anilines is 1. The first-order valence-electron chi connectivity index (χ1n) is 9.15. The molecule has 1 aliphatic heterocycles. The minimum atomic E-state index is -0.123. The van der Waals surface area contributed by atoms with Crippen molar-refractivity contribution in [2.45, 2.75) is 19.5 Å². The lowest BCUT2D eigenvalue weighted by Crippen LogP contribution is -2.31. The Bertz CT molecular complexity index is 925. The molecule has 0 spiro atoms. The van der Waals surface area contributed by atoms with E-state index in [1.807, 2.05) is 36.4 Å². The summed E-state index contributed by atoms with van der Waals surface area (Å²) in [6.45, 7) is 2.28. The van der Waals surface area contributed by atoms with E-state index in [1.54, 1.807) is 18.0 Å². The molecule has 1 aliphatic rings. The molecule has 2 aromatic carbocycles. The number of carbonyl (C=O) groups is 1. The number of hydrogen-bond donors (Lipinski definition) is 0. The lowest BCUT2D eigenvalue weighted by molar-refractivity contribution is 0.0778. The molecule has 0 bridgehead atoms. The first-order chi connectivity index (χ1) is 13.2. The highest BCUT2D eigenvalue weighted by atomic mass is 16.2. The second kappa shape index (κ2) is 7.58. The normalized spacial score (nSPS) is 13.1. The van der Waals surface area contributed by atoms with Gasteiger partial charge in [0.25, 0.3) is 5.91 Å². The van der Waals surface area contributed by atoms with Crippen LogP contribution in [0, 0.1) is 0 Å². The number of hydrogen-bond acceptors (Lipinski definition) is 4. The van der Waals surface area contributed by atoms with E-state index in [0.29, 0.717) is 12.2 Å². The van der Waals surface area contributed by atoms with Gasteiger partial charge in [0, 0.05) is 26.7 Å². The van der Waals surface area contributed by atoms with Crippen LogP contribution < -0.4 is 4.90 Å². The van der Waals surface area contributed by atoms with Gasteiger partial charge in [-0.1, -0.05) is 54.6 Å². The Morgan fingerprint density at radius 3 is 2.44 bits per heavy atom. The van der Waals surface area contributed by atoms with Gasteiger partial charge in [-0.2, -0.15) is 0 Å². The predicted molar refractivity (Wildman–Crippen MR) is 105 cm³/mol. The molecule has 0 saturated heterocycles. The average Bonchev–Trinajstić information content (AvgIpc) is 2.73. The molecule has 5 heteroatoms. The Hall–Kier alpha value is -3.21. The number of fused-ring (bicyclic) bond motifs is 1. The van der Waals surface area contributed by atoms with Crippen molar-refractivity contribution in [3.05, 3.63) is 89.1 Å². The summed E-state index contributed by atoms with van der Waals surface area (Å²) in [5.74, 6) is 0.689. The highest BCUT2D eigenvalue weighted by molar-refractivity contribution is 5.92. The Balaban J connectivity index is 1.44. The van der Waals surface area contributed by atoms with Gasteiger partial charge in [-0.05, 0) is 35.2 Å². The van der Waals surface area contributed by atoms with E-state index >= 15 is 0 Å². The van der Waals surface area contributed by atoms with Gasteiger partial charge in [-0.25, -0.2) is 0 Å². The van der Waals surface area contributed by atoms with E-state index in [4.69, 9.17) is 0 Å². The number of amides is 1. The Labute approximate surface area is 159 Å². The summed E-state index contributed by atoms with van der Waals surface area (Å²) in [5.41, 5.74) is 4.18. The van der Waals surface area contributed by atoms with E-state index < -0.39 is 0 Å². The van der Waals surface area contributed by atoms with Crippen LogP contribution in [0.25, 0.3) is 0 Å². The highest BCUT2D eigenvalue weighted by Crippen LogP contribution is 2.22. The van der Waals surface area contributed by atoms with Crippen molar-refractivity contribution in [1.82, 2.24) is 15.1 Å². The van der Waals surface area contributed by atoms with Crippen molar-refractivity contribution in [2.24, 2.45) is 0 Å². The highest BCUT2D eigenvalue weighted by Gasteiger charge is 2.19. The number of nitrogens with zero attached hydrogens (tertiary/aromatic N) is 4. The van der Waals surface area contributed by atoms with Crippen LogP contribution in [0.2, 0.25) is 0 Å². The molecule has 0 unspecified atom stereocenters. The molecule has 1 aromatic heterocycles. The van der Waals surface area contributed by atoms with Crippen molar-refractivity contribution in [3.8, 4) is 0 Å². The lowest BCUT2D eigenvalue weighted by Gasteiger charge is -2.29. The lowest BCUT2D eigenvalue weighted by atomic mass is 10.00. The molecule has 0 fully saturated rings. The molecule has 27 heavy (non-hydrogen) atoms. The third-order valence-corrected chi connectivity index (χ3v) is 4.93. The molecule has 136 valence electrons. The first-order valence-corrected chi connectivity index (χ1v) is 9.15. The zero-order chi connectivity index (χ0) is 18.6. The van der Waals surface area contributed by atoms with Crippen LogP contribution in [-0.4, -0.2) is 34.6 Å². The van der Waals surface area contributed by atoms with Gasteiger partial charge in [0.05, 0.1) is 0 Å². The molecule has 0 N–H and O–H groups in total. The molecular weight excluding hydrogens is 336 g/mol. The molecule has 5 nitrogen and oxygen atoms in total. The van der Waals surface area contributed by atoms with E-state index in [-0.39, 0.29) is 5.91 Å². The maximum absolute atomic E-state index is 12.6. The molecule has 0 radical (unpaired) electrons. The smallest absolute Gasteiger partial charge is 0.274 e. The van der Waals surface area contributed by atoms with Gasteiger partial charge >= 0.3 is 0 Å². The van der Waals surface area contributed by atoms with E-state index in [2.05, 4.69) is 39.4 Å². The molecule has 0 aliphatic carbocycles. The van der Waals surface area contributed by atoms with Gasteiger partial charge in [0.2, 0.25) is 0 Å². The molecule has 0 saturated carbocycles. The number of benzene rings is 2. The van der Waals surface area contributed by atoms with E-state index in [1.165, 1.54) is 11.1 Å². The van der Waals surface area contributed by atoms with Gasteiger partial charge in [-0.15, -0.1) is 10.2 Å². The largest absolute Gasteiger partial charge is 0.350 e. The van der Waals surface area contributed by atoms with Crippen LogP contribution in [0.5, 0.6) is 0 Å². The summed E-state index contributed by atoms with van der Waals surface area (Å²) in [6, 6.07) is 22.1. The molecule has 4 rings (SSSR count). The van der Waals surface area contributed by atoms with E-state index in [0.717, 1.165) is 30.9 Å². The predicted octanol–water partition coefficient (Wildman–Crippen LogP) is 3.31. The molecule has 0 atom stereocenters. The number of rotatable bonds is 4. The number of aromatic nitrogens is 2. The van der Waals surface area contributed by atoms with Crippen molar-refractivity contribution < 1.29 is 4.79 Å². The summed E-state index contributed by atoms with van der Waals surface area (Å²) in [6.07, 6.45) is 0.998. The minimum Gasteiger partial charge on any atom is -0.350 e. The zero-order valence-electron chi connectivity index (χ0n) is 15.4. The van der Waals surface area contributed by atoms with Crippen molar-refractivity contribution in [1.29, 1.82) is 0 Å². The van der Waals surface area contributed by atoms with Crippen molar-refractivity contribution >= 4 is 11.7 Å². The van der Waals surface area contributed by atoms with Crippen LogP contribution in [0.4, 0.5) is 5.82 Å². The van der Waals surface area contributed by atoms with Crippen LogP contribution >= 0.6 is 0 Å². The van der Waals surface area contributed by atoms with Crippen LogP contribution in [-0.2, 0) is 19.5 Å². The summed E-state index contributed by atoms with van der Waals surface area (Å²) >= 11 is 0. The Kier molecular flexibility index (Phi) is 4.83. The number of carbonyl (C=O) groups excluding carboxylic acids is 1. The third kappa shape index (κ3) is 3.82. The minimum absolute atomic E-state index is 0.123. The summed E-state index contributed by atoms with van der Waals surface area (Å²) < 4.78 is 0. The fourth-order valence-electron chi connectivity index (χ4n) is 3.42. The quantitative estimate of drug-likeness (QED) is 0.718. The van der Waals surface area contributed by atoms with Gasteiger partial charge in [0.15, 0.2) is 11.5 Å². The summed E-state index contributed by atoms with van der Waals surface area (Å²) in [4.78, 5) is 16.5. The van der Waals surface area contributed by atoms with Crippen molar-refractivity contribution in [3.63, 3.8) is 0 Å². The SMILES string of the molecule is CN(Cc1ccccc1)C(=O)c1ccc(N2CCc3ccccc3C2)nn1. The topological polar surface area (TPSA) is 49.3 Å². The molecule has 3 aromatic rings. The average molecular weight is 358 g/mol. The van der Waals surface area contributed by atoms with Crippen LogP contribution in [0.3, 0.4) is 0 Å². The van der Waals surface area contributed by atoms with Gasteiger partial charge in [0.1, 0.15) is 0 Å². The maximum atomic E-state index is 12.6. The second-order valence-electron chi connectivity index (χ2n) is 6.86. The van der Waals surface area contributed by atoms with Gasteiger partial charge < -0.3 is 9.80 Å². The Morgan fingerprint density at radius 1 is 0.963 bits per heavy atom. The molecule has 1 amide bonds. The summed E-state index contributed by atoms with van der Waals surface area (Å²) in [7, 11) is 1.78. The standard InChI is InChI=1S/C22H22N4O/c1-25(15-17-7-3-2-4-8-17)22(27)20-11-12-21(24-23-20)26-14-13-18-9-5-6-10-19(18)16-26/h2-12H,13-16H2,1H3. The molecule has 2 heterocycles.